The Bertz CT molecular complexity index is 1060. The van der Waals surface area contributed by atoms with Crippen molar-refractivity contribution < 1.29 is 0 Å². The van der Waals surface area contributed by atoms with Crippen molar-refractivity contribution in [2.24, 2.45) is 31.8 Å². The molecule has 0 bridgehead atoms. The van der Waals surface area contributed by atoms with Crippen LogP contribution in [-0.2, 0) is 0 Å². The summed E-state index contributed by atoms with van der Waals surface area (Å²) in [6.45, 7) is 8.76. The van der Waals surface area contributed by atoms with E-state index in [1.165, 1.54) is 11.1 Å². The Morgan fingerprint density at radius 2 is 1.17 bits per heavy atom. The summed E-state index contributed by atoms with van der Waals surface area (Å²) in [5, 5.41) is 0. The fourth-order valence-electron chi connectivity index (χ4n) is 3.84. The Hall–Kier alpha value is -3.21. The maximum absolute atomic E-state index is 4.80. The van der Waals surface area contributed by atoms with Gasteiger partial charge in [-0.15, -0.1) is 0 Å². The fourth-order valence-corrected chi connectivity index (χ4v) is 3.84. The molecule has 3 heterocycles. The van der Waals surface area contributed by atoms with Gasteiger partial charge in [-0.1, -0.05) is 58.1 Å². The van der Waals surface area contributed by atoms with E-state index in [1.54, 1.807) is 0 Å². The number of pyridine rings is 1. The van der Waals surface area contributed by atoms with E-state index in [2.05, 4.69) is 64.2 Å². The standard InChI is InChI=1S/C25H25N5/c1-14(2)16-8-10-18-22(12-16)29-24(27-18)20-6-5-7-21(26-20)25-28-19-11-9-17(15(3)4)13-23(19)30-25/h5-15,18-19H,1-4H3. The second-order valence-corrected chi connectivity index (χ2v) is 8.59. The van der Waals surface area contributed by atoms with Gasteiger partial charge in [-0.05, 0) is 47.3 Å². The molecule has 1 aromatic rings. The number of fused-ring (bicyclic) bond motifs is 2. The first kappa shape index (κ1) is 18.8. The SMILES string of the molecule is CC(C)C1=CC2=NC(c3cccc(C4=NC5C=CC(C(C)C)=CC5=N4)n3)=NC2C=C1. The lowest BCUT2D eigenvalue weighted by atomic mass is 9.94. The minimum Gasteiger partial charge on any atom is -0.251 e. The predicted molar refractivity (Wildman–Crippen MR) is 124 cm³/mol. The Kier molecular flexibility index (Phi) is 4.54. The molecule has 0 fully saturated rings. The highest BCUT2D eigenvalue weighted by Crippen LogP contribution is 2.25. The molecule has 2 atom stereocenters. The summed E-state index contributed by atoms with van der Waals surface area (Å²) in [7, 11) is 0. The van der Waals surface area contributed by atoms with Crippen molar-refractivity contribution in [3.8, 4) is 0 Å². The largest absolute Gasteiger partial charge is 0.251 e. The number of aliphatic imine (C=N–C) groups is 4. The fraction of sp³-hybridized carbons (Fsp3) is 0.320. The highest BCUT2D eigenvalue weighted by molar-refractivity contribution is 6.19. The van der Waals surface area contributed by atoms with Gasteiger partial charge in [-0.2, -0.15) is 0 Å². The summed E-state index contributed by atoms with van der Waals surface area (Å²) in [6.07, 6.45) is 12.8. The van der Waals surface area contributed by atoms with Crippen LogP contribution in [0.2, 0.25) is 0 Å². The molecule has 0 aromatic carbocycles. The van der Waals surface area contributed by atoms with Crippen LogP contribution >= 0.6 is 0 Å². The van der Waals surface area contributed by atoms with Gasteiger partial charge in [0.05, 0.1) is 11.4 Å². The van der Waals surface area contributed by atoms with Crippen molar-refractivity contribution in [1.29, 1.82) is 0 Å². The first-order valence-corrected chi connectivity index (χ1v) is 10.6. The normalized spacial score (nSPS) is 24.2. The molecule has 2 aliphatic heterocycles. The quantitative estimate of drug-likeness (QED) is 0.739. The third-order valence-electron chi connectivity index (χ3n) is 5.71. The average molecular weight is 396 g/mol. The lowest BCUT2D eigenvalue weighted by Gasteiger charge is -2.13. The summed E-state index contributed by atoms with van der Waals surface area (Å²) < 4.78 is 0. The van der Waals surface area contributed by atoms with Crippen molar-refractivity contribution in [3.63, 3.8) is 0 Å². The summed E-state index contributed by atoms with van der Waals surface area (Å²) in [5.74, 6) is 2.29. The van der Waals surface area contributed by atoms with Gasteiger partial charge >= 0.3 is 0 Å². The van der Waals surface area contributed by atoms with Crippen molar-refractivity contribution in [3.05, 3.63) is 77.2 Å². The number of rotatable bonds is 4. The molecule has 5 heteroatoms. The highest BCUT2D eigenvalue weighted by Gasteiger charge is 2.26. The molecule has 5 nitrogen and oxygen atoms in total. The predicted octanol–water partition coefficient (Wildman–Crippen LogP) is 4.53. The number of nitrogens with zero attached hydrogens (tertiary/aromatic N) is 5. The number of aromatic nitrogens is 1. The summed E-state index contributed by atoms with van der Waals surface area (Å²) in [4.78, 5) is 23.9. The topological polar surface area (TPSA) is 62.3 Å². The van der Waals surface area contributed by atoms with E-state index in [0.29, 0.717) is 23.5 Å². The van der Waals surface area contributed by atoms with Crippen molar-refractivity contribution in [2.45, 2.75) is 39.8 Å². The average Bonchev–Trinajstić information content (AvgIpc) is 3.36. The number of allylic oxidation sites excluding steroid dienone is 4. The van der Waals surface area contributed by atoms with E-state index in [-0.39, 0.29) is 12.1 Å². The van der Waals surface area contributed by atoms with Gasteiger partial charge in [0.15, 0.2) is 11.7 Å². The van der Waals surface area contributed by atoms with Crippen LogP contribution in [0, 0.1) is 11.8 Å². The summed E-state index contributed by atoms with van der Waals surface area (Å²) in [5.41, 5.74) is 6.06. The van der Waals surface area contributed by atoms with Gasteiger partial charge < -0.3 is 0 Å². The molecule has 0 N–H and O–H groups in total. The van der Waals surface area contributed by atoms with E-state index in [4.69, 9.17) is 25.0 Å². The van der Waals surface area contributed by atoms with Gasteiger partial charge in [0.25, 0.3) is 0 Å². The van der Waals surface area contributed by atoms with Crippen LogP contribution in [-0.4, -0.2) is 40.2 Å². The Morgan fingerprint density at radius 1 is 0.700 bits per heavy atom. The van der Waals surface area contributed by atoms with Gasteiger partial charge in [-0.25, -0.2) is 15.0 Å². The third kappa shape index (κ3) is 3.34. The summed E-state index contributed by atoms with van der Waals surface area (Å²) in [6, 6.07) is 5.86. The Morgan fingerprint density at radius 3 is 1.60 bits per heavy atom. The molecule has 30 heavy (non-hydrogen) atoms. The monoisotopic (exact) mass is 395 g/mol. The molecule has 5 rings (SSSR count). The van der Waals surface area contributed by atoms with Crippen molar-refractivity contribution in [2.75, 3.05) is 0 Å². The maximum atomic E-state index is 4.80. The maximum Gasteiger partial charge on any atom is 0.174 e. The molecule has 0 saturated heterocycles. The van der Waals surface area contributed by atoms with Crippen LogP contribution in [0.25, 0.3) is 0 Å². The van der Waals surface area contributed by atoms with Crippen LogP contribution < -0.4 is 0 Å². The van der Waals surface area contributed by atoms with E-state index < -0.39 is 0 Å². The van der Waals surface area contributed by atoms with Crippen LogP contribution in [0.4, 0.5) is 0 Å². The Labute approximate surface area is 177 Å². The van der Waals surface area contributed by atoms with Crippen LogP contribution in [0.3, 0.4) is 0 Å². The first-order valence-electron chi connectivity index (χ1n) is 10.6. The number of hydrogen-bond acceptors (Lipinski definition) is 5. The number of amidine groups is 2. The molecule has 0 amide bonds. The number of hydrogen-bond donors (Lipinski definition) is 0. The van der Waals surface area contributed by atoms with Gasteiger partial charge in [-0.3, -0.25) is 9.98 Å². The molecule has 2 aliphatic carbocycles. The van der Waals surface area contributed by atoms with E-state index in [9.17, 15) is 0 Å². The molecular weight excluding hydrogens is 370 g/mol. The van der Waals surface area contributed by atoms with Crippen molar-refractivity contribution in [1.82, 2.24) is 4.98 Å². The lowest BCUT2D eigenvalue weighted by Crippen LogP contribution is -2.15. The second-order valence-electron chi connectivity index (χ2n) is 8.59. The molecular formula is C25H25N5. The van der Waals surface area contributed by atoms with E-state index in [1.807, 2.05) is 18.2 Å². The minimum atomic E-state index is -0.00961. The molecule has 4 aliphatic rings. The van der Waals surface area contributed by atoms with Gasteiger partial charge in [0, 0.05) is 0 Å². The summed E-state index contributed by atoms with van der Waals surface area (Å²) >= 11 is 0. The van der Waals surface area contributed by atoms with Crippen molar-refractivity contribution >= 4 is 23.1 Å². The van der Waals surface area contributed by atoms with Crippen LogP contribution in [0.15, 0.2) is 85.8 Å². The molecule has 0 radical (unpaired) electrons. The van der Waals surface area contributed by atoms with Crippen LogP contribution in [0.5, 0.6) is 0 Å². The zero-order valence-electron chi connectivity index (χ0n) is 17.7. The van der Waals surface area contributed by atoms with E-state index >= 15 is 0 Å². The molecule has 1 aromatic heterocycles. The Balaban J connectivity index is 1.43. The molecule has 0 saturated carbocycles. The van der Waals surface area contributed by atoms with E-state index in [0.717, 1.165) is 22.8 Å². The zero-order chi connectivity index (χ0) is 20.8. The second kappa shape index (κ2) is 7.24. The smallest absolute Gasteiger partial charge is 0.174 e. The first-order chi connectivity index (χ1) is 14.5. The highest BCUT2D eigenvalue weighted by atomic mass is 15.1. The third-order valence-corrected chi connectivity index (χ3v) is 5.71. The minimum absolute atomic E-state index is 0.00961. The molecule has 2 unspecified atom stereocenters. The lowest BCUT2D eigenvalue weighted by molar-refractivity contribution is 0.788. The van der Waals surface area contributed by atoms with Crippen LogP contribution in [0.1, 0.15) is 39.1 Å². The van der Waals surface area contributed by atoms with Gasteiger partial charge in [0.2, 0.25) is 0 Å². The van der Waals surface area contributed by atoms with Gasteiger partial charge in [0.1, 0.15) is 23.5 Å². The molecule has 0 spiro atoms. The zero-order valence-corrected chi connectivity index (χ0v) is 17.7. The molecule has 150 valence electrons.